The van der Waals surface area contributed by atoms with Crippen LogP contribution in [-0.4, -0.2) is 16.1 Å². The molecule has 94 valence electrons. The number of aromatic nitrogens is 2. The van der Waals surface area contributed by atoms with E-state index in [2.05, 4.69) is 23.8 Å². The van der Waals surface area contributed by atoms with E-state index < -0.39 is 0 Å². The van der Waals surface area contributed by atoms with Gasteiger partial charge in [0.15, 0.2) is 0 Å². The van der Waals surface area contributed by atoms with Crippen molar-refractivity contribution in [3.05, 3.63) is 18.0 Å². The standard InChI is InChI=1S/C14H22N2O/c1-3-6-12-9-15-14(16-10-12)17-13-8-5-4-7-11(13)2/h9-11,13H,3-8H2,1-2H3/t11-,13+/m1/s1. The molecule has 0 N–H and O–H groups in total. The van der Waals surface area contributed by atoms with Crippen molar-refractivity contribution < 1.29 is 4.74 Å². The number of hydrogen-bond acceptors (Lipinski definition) is 3. The van der Waals surface area contributed by atoms with Crippen LogP contribution in [0.2, 0.25) is 0 Å². The summed E-state index contributed by atoms with van der Waals surface area (Å²) in [5.41, 5.74) is 1.19. The first-order valence-corrected chi connectivity index (χ1v) is 6.77. The minimum absolute atomic E-state index is 0.306. The van der Waals surface area contributed by atoms with Gasteiger partial charge in [0.1, 0.15) is 6.10 Å². The molecule has 1 aliphatic carbocycles. The van der Waals surface area contributed by atoms with Gasteiger partial charge in [0.05, 0.1) is 0 Å². The van der Waals surface area contributed by atoms with Crippen molar-refractivity contribution in [2.45, 2.75) is 58.5 Å². The van der Waals surface area contributed by atoms with E-state index in [1.807, 2.05) is 12.4 Å². The van der Waals surface area contributed by atoms with Crippen molar-refractivity contribution >= 4 is 0 Å². The Bertz CT molecular complexity index is 337. The Kier molecular flexibility index (Phi) is 4.35. The van der Waals surface area contributed by atoms with Crippen molar-refractivity contribution in [1.29, 1.82) is 0 Å². The van der Waals surface area contributed by atoms with Gasteiger partial charge in [0.25, 0.3) is 0 Å². The van der Waals surface area contributed by atoms with Crippen LogP contribution in [0, 0.1) is 5.92 Å². The molecule has 3 nitrogen and oxygen atoms in total. The highest BCUT2D eigenvalue weighted by molar-refractivity contribution is 5.07. The van der Waals surface area contributed by atoms with Crippen LogP contribution in [0.1, 0.15) is 51.5 Å². The van der Waals surface area contributed by atoms with Crippen molar-refractivity contribution in [1.82, 2.24) is 9.97 Å². The first-order valence-electron chi connectivity index (χ1n) is 6.77. The summed E-state index contributed by atoms with van der Waals surface area (Å²) in [5.74, 6) is 0.627. The molecule has 3 heteroatoms. The van der Waals surface area contributed by atoms with Crippen LogP contribution in [0.4, 0.5) is 0 Å². The maximum absolute atomic E-state index is 5.88. The van der Waals surface area contributed by atoms with E-state index >= 15 is 0 Å². The van der Waals surface area contributed by atoms with Crippen molar-refractivity contribution in [2.75, 3.05) is 0 Å². The lowest BCUT2D eigenvalue weighted by Crippen LogP contribution is -2.28. The fraction of sp³-hybridized carbons (Fsp3) is 0.714. The third-order valence-corrected chi connectivity index (χ3v) is 3.51. The summed E-state index contributed by atoms with van der Waals surface area (Å²) in [5, 5.41) is 0. The summed E-state index contributed by atoms with van der Waals surface area (Å²) in [4.78, 5) is 8.59. The van der Waals surface area contributed by atoms with Gasteiger partial charge in [-0.2, -0.15) is 0 Å². The van der Waals surface area contributed by atoms with Crippen molar-refractivity contribution in [2.24, 2.45) is 5.92 Å². The van der Waals surface area contributed by atoms with Crippen LogP contribution >= 0.6 is 0 Å². The molecule has 0 radical (unpaired) electrons. The summed E-state index contributed by atoms with van der Waals surface area (Å²) in [6, 6.07) is 0.545. The highest BCUT2D eigenvalue weighted by atomic mass is 16.5. The second-order valence-corrected chi connectivity index (χ2v) is 5.04. The molecule has 1 saturated carbocycles. The third-order valence-electron chi connectivity index (χ3n) is 3.51. The summed E-state index contributed by atoms with van der Waals surface area (Å²) in [7, 11) is 0. The number of rotatable bonds is 4. The van der Waals surface area contributed by atoms with Crippen LogP contribution in [0.5, 0.6) is 6.01 Å². The van der Waals surface area contributed by atoms with Crippen LogP contribution in [0.25, 0.3) is 0 Å². The SMILES string of the molecule is CCCc1cnc(O[C@H]2CCCC[C@H]2C)nc1. The van der Waals surface area contributed by atoms with E-state index in [0.29, 0.717) is 18.0 Å². The fourth-order valence-corrected chi connectivity index (χ4v) is 2.41. The molecule has 0 saturated heterocycles. The van der Waals surface area contributed by atoms with Crippen LogP contribution in [-0.2, 0) is 6.42 Å². The molecule has 0 spiro atoms. The van der Waals surface area contributed by atoms with Crippen LogP contribution in [0.3, 0.4) is 0 Å². The van der Waals surface area contributed by atoms with Crippen LogP contribution in [0.15, 0.2) is 12.4 Å². The number of nitrogens with zero attached hydrogens (tertiary/aromatic N) is 2. The molecular weight excluding hydrogens is 212 g/mol. The van der Waals surface area contributed by atoms with Crippen molar-refractivity contribution in [3.63, 3.8) is 0 Å². The molecule has 0 amide bonds. The predicted octanol–water partition coefficient (Wildman–Crippen LogP) is 3.39. The first kappa shape index (κ1) is 12.3. The van der Waals surface area contributed by atoms with Gasteiger partial charge in [-0.3, -0.25) is 0 Å². The van der Waals surface area contributed by atoms with Gasteiger partial charge in [-0.1, -0.05) is 26.7 Å². The molecule has 0 aliphatic heterocycles. The zero-order valence-electron chi connectivity index (χ0n) is 10.9. The summed E-state index contributed by atoms with van der Waals surface area (Å²) < 4.78 is 5.88. The maximum Gasteiger partial charge on any atom is 0.316 e. The third kappa shape index (κ3) is 3.42. The van der Waals surface area contributed by atoms with Gasteiger partial charge >= 0.3 is 6.01 Å². The molecular formula is C14H22N2O. The average Bonchev–Trinajstić information content (AvgIpc) is 2.35. The molecule has 17 heavy (non-hydrogen) atoms. The summed E-state index contributed by atoms with van der Waals surface area (Å²) >= 11 is 0. The molecule has 2 rings (SSSR count). The molecule has 1 aliphatic rings. The second-order valence-electron chi connectivity index (χ2n) is 5.04. The lowest BCUT2D eigenvalue weighted by Gasteiger charge is -2.28. The Morgan fingerprint density at radius 2 is 1.94 bits per heavy atom. The lowest BCUT2D eigenvalue weighted by atomic mass is 9.88. The van der Waals surface area contributed by atoms with E-state index in [9.17, 15) is 0 Å². The van der Waals surface area contributed by atoms with E-state index in [1.54, 1.807) is 0 Å². The molecule has 2 atom stereocenters. The van der Waals surface area contributed by atoms with E-state index in [0.717, 1.165) is 19.3 Å². The van der Waals surface area contributed by atoms with Gasteiger partial charge < -0.3 is 4.74 Å². The Morgan fingerprint density at radius 3 is 2.59 bits per heavy atom. The monoisotopic (exact) mass is 234 g/mol. The highest BCUT2D eigenvalue weighted by Crippen LogP contribution is 2.26. The van der Waals surface area contributed by atoms with Gasteiger partial charge in [-0.05, 0) is 37.2 Å². The van der Waals surface area contributed by atoms with Crippen LogP contribution < -0.4 is 4.74 Å². The zero-order valence-corrected chi connectivity index (χ0v) is 10.9. The van der Waals surface area contributed by atoms with E-state index in [1.165, 1.54) is 24.8 Å². The topological polar surface area (TPSA) is 35.0 Å². The Hall–Kier alpha value is -1.12. The van der Waals surface area contributed by atoms with Gasteiger partial charge in [-0.25, -0.2) is 9.97 Å². The van der Waals surface area contributed by atoms with E-state index in [-0.39, 0.29) is 0 Å². The van der Waals surface area contributed by atoms with Gasteiger partial charge in [0.2, 0.25) is 0 Å². The van der Waals surface area contributed by atoms with E-state index in [4.69, 9.17) is 4.74 Å². The fourth-order valence-electron chi connectivity index (χ4n) is 2.41. The molecule has 1 aromatic heterocycles. The normalized spacial score (nSPS) is 24.6. The molecule has 1 fully saturated rings. The zero-order chi connectivity index (χ0) is 12.1. The van der Waals surface area contributed by atoms with Gasteiger partial charge in [0, 0.05) is 12.4 Å². The molecule has 1 heterocycles. The minimum atomic E-state index is 0.306. The molecule has 0 unspecified atom stereocenters. The smallest absolute Gasteiger partial charge is 0.316 e. The summed E-state index contributed by atoms with van der Waals surface area (Å²) in [6.45, 7) is 4.42. The maximum atomic E-state index is 5.88. The predicted molar refractivity (Wildman–Crippen MR) is 68.1 cm³/mol. The lowest BCUT2D eigenvalue weighted by molar-refractivity contribution is 0.0922. The number of aryl methyl sites for hydroxylation is 1. The average molecular weight is 234 g/mol. The Balaban J connectivity index is 1.93. The molecule has 0 bridgehead atoms. The Labute approximate surface area is 104 Å². The van der Waals surface area contributed by atoms with Gasteiger partial charge in [-0.15, -0.1) is 0 Å². The number of hydrogen-bond donors (Lipinski definition) is 0. The second kappa shape index (κ2) is 5.99. The Morgan fingerprint density at radius 1 is 1.24 bits per heavy atom. The number of ether oxygens (including phenoxy) is 1. The highest BCUT2D eigenvalue weighted by Gasteiger charge is 2.23. The largest absolute Gasteiger partial charge is 0.460 e. The van der Waals surface area contributed by atoms with Crippen molar-refractivity contribution in [3.8, 4) is 6.01 Å². The minimum Gasteiger partial charge on any atom is -0.460 e. The first-order chi connectivity index (χ1) is 8.29. The summed E-state index contributed by atoms with van der Waals surface area (Å²) in [6.07, 6.45) is 11.3. The quantitative estimate of drug-likeness (QED) is 0.801. The molecule has 1 aromatic rings. The molecule has 0 aromatic carbocycles.